The normalized spacial score (nSPS) is 16.8. The molecule has 0 fully saturated rings. The van der Waals surface area contributed by atoms with Gasteiger partial charge in [0, 0.05) is 16.6 Å². The van der Waals surface area contributed by atoms with Crippen molar-refractivity contribution in [2.75, 3.05) is 14.2 Å². The first-order valence-electron chi connectivity index (χ1n) is 9.14. The predicted octanol–water partition coefficient (Wildman–Crippen LogP) is 5.15. The van der Waals surface area contributed by atoms with Gasteiger partial charge in [-0.05, 0) is 26.2 Å². The van der Waals surface area contributed by atoms with Gasteiger partial charge in [0.2, 0.25) is 23.1 Å². The van der Waals surface area contributed by atoms with Crippen molar-refractivity contribution < 1.29 is 19.1 Å². The Morgan fingerprint density at radius 2 is 1.40 bits per heavy atom. The molecule has 1 aliphatic carbocycles. The van der Waals surface area contributed by atoms with Gasteiger partial charge in [-0.15, -0.1) is 0 Å². The van der Waals surface area contributed by atoms with Crippen molar-refractivity contribution in [3.05, 3.63) is 34.3 Å². The summed E-state index contributed by atoms with van der Waals surface area (Å²) in [5, 5.41) is 0. The molecule has 4 heteroatoms. The van der Waals surface area contributed by atoms with Gasteiger partial charge in [-0.1, -0.05) is 53.2 Å². The molecule has 0 saturated carbocycles. The third-order valence-electron chi connectivity index (χ3n) is 4.71. The van der Waals surface area contributed by atoms with Gasteiger partial charge in [-0.2, -0.15) is 0 Å². The fourth-order valence-corrected chi connectivity index (χ4v) is 3.09. The number of methoxy groups -OCH3 is 2. The van der Waals surface area contributed by atoms with Crippen molar-refractivity contribution >= 4 is 11.6 Å². The summed E-state index contributed by atoms with van der Waals surface area (Å²) in [5.74, 6) is -0.539. The van der Waals surface area contributed by atoms with Crippen molar-refractivity contribution in [3.8, 4) is 0 Å². The van der Waals surface area contributed by atoms with Crippen LogP contribution < -0.4 is 0 Å². The van der Waals surface area contributed by atoms with Crippen molar-refractivity contribution in [1.29, 1.82) is 0 Å². The van der Waals surface area contributed by atoms with Crippen LogP contribution in [0.4, 0.5) is 0 Å². The van der Waals surface area contributed by atoms with Crippen LogP contribution in [-0.4, -0.2) is 25.8 Å². The molecule has 0 saturated heterocycles. The quantitative estimate of drug-likeness (QED) is 0.471. The lowest BCUT2D eigenvalue weighted by atomic mass is 9.71. The van der Waals surface area contributed by atoms with Crippen LogP contribution in [0.3, 0.4) is 0 Å². The number of allylic oxidation sites excluding steroid dienone is 4. The van der Waals surface area contributed by atoms with Crippen LogP contribution in [0.5, 0.6) is 0 Å². The Hall–Kier alpha value is -1.84. The first-order valence-corrected chi connectivity index (χ1v) is 9.14. The van der Waals surface area contributed by atoms with E-state index in [2.05, 4.69) is 19.9 Å². The number of carbonyl (C=O) groups is 2. The molecule has 0 aromatic rings. The smallest absolute Gasteiger partial charge is 0.228 e. The maximum atomic E-state index is 12.9. The monoisotopic (exact) mass is 350 g/mol. The Kier molecular flexibility index (Phi) is 9.47. The lowest BCUT2D eigenvalue weighted by Crippen LogP contribution is -2.33. The van der Waals surface area contributed by atoms with E-state index in [1.807, 2.05) is 27.7 Å². The molecule has 0 bridgehead atoms. The zero-order chi connectivity index (χ0) is 19.8. The average Bonchev–Trinajstić information content (AvgIpc) is 2.64. The van der Waals surface area contributed by atoms with E-state index in [0.717, 1.165) is 19.3 Å². The van der Waals surface area contributed by atoms with Gasteiger partial charge < -0.3 is 9.47 Å². The van der Waals surface area contributed by atoms with Gasteiger partial charge in [0.1, 0.15) is 0 Å². The minimum absolute atomic E-state index is 0.000668. The van der Waals surface area contributed by atoms with Crippen molar-refractivity contribution in [3.63, 3.8) is 0 Å². The second-order valence-corrected chi connectivity index (χ2v) is 6.01. The van der Waals surface area contributed by atoms with Crippen LogP contribution in [0.15, 0.2) is 34.3 Å². The highest BCUT2D eigenvalue weighted by Gasteiger charge is 2.41. The summed E-state index contributed by atoms with van der Waals surface area (Å²) < 4.78 is 10.3. The Balaban J connectivity index is 0.00000277. The SMILES string of the molecule is CC.CCC(=C[C@@](C)(CC)C1=C(C)C(=O)C(OC)=C(OC)C1=O)CC. The zero-order valence-corrected chi connectivity index (χ0v) is 17.3. The molecule has 0 aromatic carbocycles. The predicted molar refractivity (Wildman–Crippen MR) is 102 cm³/mol. The van der Waals surface area contributed by atoms with E-state index >= 15 is 0 Å². The van der Waals surface area contributed by atoms with E-state index in [0.29, 0.717) is 11.1 Å². The van der Waals surface area contributed by atoms with Gasteiger partial charge in [0.25, 0.3) is 0 Å². The van der Waals surface area contributed by atoms with Crippen LogP contribution >= 0.6 is 0 Å². The minimum atomic E-state index is -0.499. The molecule has 0 unspecified atom stereocenters. The molecule has 0 radical (unpaired) electrons. The van der Waals surface area contributed by atoms with E-state index in [1.54, 1.807) is 6.92 Å². The third kappa shape index (κ3) is 4.62. The highest BCUT2D eigenvalue weighted by Crippen LogP contribution is 2.41. The number of Topliss-reactive ketones (excluding diaryl/α,β-unsaturated/α-hetero) is 2. The van der Waals surface area contributed by atoms with Crippen molar-refractivity contribution in [2.45, 2.75) is 67.7 Å². The Labute approximate surface area is 153 Å². The molecule has 1 rings (SSSR count). The van der Waals surface area contributed by atoms with Gasteiger partial charge in [-0.3, -0.25) is 9.59 Å². The summed E-state index contributed by atoms with van der Waals surface area (Å²) in [4.78, 5) is 25.5. The van der Waals surface area contributed by atoms with E-state index < -0.39 is 5.41 Å². The molecule has 0 N–H and O–H groups in total. The summed E-state index contributed by atoms with van der Waals surface area (Å²) in [6.45, 7) is 13.9. The number of hydrogen-bond acceptors (Lipinski definition) is 4. The lowest BCUT2D eigenvalue weighted by molar-refractivity contribution is -0.121. The highest BCUT2D eigenvalue weighted by molar-refractivity contribution is 6.24. The maximum Gasteiger partial charge on any atom is 0.228 e. The fraction of sp³-hybridized carbons (Fsp3) is 0.619. The number of ether oxygens (including phenoxy) is 2. The molecule has 1 atom stereocenters. The fourth-order valence-electron chi connectivity index (χ4n) is 3.09. The minimum Gasteiger partial charge on any atom is -0.489 e. The Morgan fingerprint density at radius 3 is 1.76 bits per heavy atom. The average molecular weight is 350 g/mol. The number of ketones is 2. The van der Waals surface area contributed by atoms with Crippen molar-refractivity contribution in [2.24, 2.45) is 5.41 Å². The molecule has 142 valence electrons. The van der Waals surface area contributed by atoms with Crippen LogP contribution in [-0.2, 0) is 19.1 Å². The van der Waals surface area contributed by atoms with E-state index in [9.17, 15) is 9.59 Å². The number of hydrogen-bond donors (Lipinski definition) is 0. The summed E-state index contributed by atoms with van der Waals surface area (Å²) in [6.07, 6.45) is 4.72. The number of rotatable bonds is 7. The first-order chi connectivity index (χ1) is 11.8. The van der Waals surface area contributed by atoms with Crippen LogP contribution in [0.25, 0.3) is 0 Å². The first kappa shape index (κ1) is 23.2. The lowest BCUT2D eigenvalue weighted by Gasteiger charge is -2.32. The van der Waals surface area contributed by atoms with Gasteiger partial charge in [0.15, 0.2) is 0 Å². The van der Waals surface area contributed by atoms with Crippen LogP contribution in [0.2, 0.25) is 0 Å². The molecular weight excluding hydrogens is 316 g/mol. The zero-order valence-electron chi connectivity index (χ0n) is 17.3. The molecule has 0 aromatic heterocycles. The standard InChI is InChI=1S/C19H28O4.C2H6/c1-8-13(9-2)11-19(5,10-3)14-12(4)15(20)17(22-6)18(23-7)16(14)21;1-2/h11H,8-10H2,1-7H3;1-2H3/t19-;/m1./s1. The molecule has 1 aliphatic rings. The number of carbonyl (C=O) groups excluding carboxylic acids is 2. The summed E-state index contributed by atoms with van der Waals surface area (Å²) in [6, 6.07) is 0. The summed E-state index contributed by atoms with van der Waals surface area (Å²) in [5.41, 5.74) is 1.73. The highest BCUT2D eigenvalue weighted by atomic mass is 16.5. The molecule has 0 heterocycles. The van der Waals surface area contributed by atoms with E-state index in [4.69, 9.17) is 9.47 Å². The summed E-state index contributed by atoms with van der Waals surface area (Å²) in [7, 11) is 2.77. The molecular formula is C21H34O4. The topological polar surface area (TPSA) is 52.6 Å². The molecule has 0 amide bonds. The van der Waals surface area contributed by atoms with Crippen LogP contribution in [0, 0.1) is 5.41 Å². The molecule has 4 nitrogen and oxygen atoms in total. The molecule has 0 aliphatic heterocycles. The molecule has 0 spiro atoms. The Bertz CT molecular complexity index is 587. The summed E-state index contributed by atoms with van der Waals surface area (Å²) >= 11 is 0. The second-order valence-electron chi connectivity index (χ2n) is 6.01. The van der Waals surface area contributed by atoms with Gasteiger partial charge in [-0.25, -0.2) is 0 Å². The van der Waals surface area contributed by atoms with Gasteiger partial charge in [0.05, 0.1) is 14.2 Å². The van der Waals surface area contributed by atoms with Gasteiger partial charge >= 0.3 is 0 Å². The third-order valence-corrected chi connectivity index (χ3v) is 4.71. The van der Waals surface area contributed by atoms with E-state index in [-0.39, 0.29) is 23.1 Å². The largest absolute Gasteiger partial charge is 0.489 e. The second kappa shape index (κ2) is 10.2. The van der Waals surface area contributed by atoms with Crippen molar-refractivity contribution in [1.82, 2.24) is 0 Å². The van der Waals surface area contributed by atoms with E-state index in [1.165, 1.54) is 19.8 Å². The van der Waals surface area contributed by atoms with Crippen LogP contribution in [0.1, 0.15) is 67.7 Å². The molecule has 25 heavy (non-hydrogen) atoms. The Morgan fingerprint density at radius 1 is 0.960 bits per heavy atom. The maximum absolute atomic E-state index is 12.9.